The van der Waals surface area contributed by atoms with E-state index in [1.165, 1.54) is 0 Å². The fourth-order valence-electron chi connectivity index (χ4n) is 7.33. The van der Waals surface area contributed by atoms with Crippen molar-refractivity contribution in [3.8, 4) is 67.5 Å². The van der Waals surface area contributed by atoms with E-state index in [-0.39, 0.29) is 0 Å². The smallest absolute Gasteiger partial charge is 0.164 e. The van der Waals surface area contributed by atoms with E-state index in [4.69, 9.17) is 19.4 Å². The predicted octanol–water partition coefficient (Wildman–Crippen LogP) is 12.9. The molecule has 0 N–H and O–H groups in total. The zero-order valence-electron chi connectivity index (χ0n) is 28.6. The Morgan fingerprint density at radius 1 is 0.283 bits per heavy atom. The predicted molar refractivity (Wildman–Crippen MR) is 217 cm³/mol. The van der Waals surface area contributed by atoms with Gasteiger partial charge in [0.1, 0.15) is 11.2 Å². The molecular weight excluding hydrogens is 647 g/mol. The normalized spacial score (nSPS) is 11.4. The van der Waals surface area contributed by atoms with E-state index in [9.17, 15) is 0 Å². The first kappa shape index (κ1) is 30.6. The van der Waals surface area contributed by atoms with Gasteiger partial charge in [0.15, 0.2) is 17.5 Å². The quantitative estimate of drug-likeness (QED) is 0.176. The number of rotatable bonds is 6. The molecule has 0 aliphatic rings. The Morgan fingerprint density at radius 2 is 0.774 bits per heavy atom. The van der Waals surface area contributed by atoms with E-state index in [2.05, 4.69) is 164 Å². The minimum Gasteiger partial charge on any atom is -0.455 e. The number of aromatic nitrogens is 3. The van der Waals surface area contributed by atoms with E-state index < -0.39 is 0 Å². The lowest BCUT2D eigenvalue weighted by Crippen LogP contribution is -2.01. The molecule has 0 aliphatic heterocycles. The van der Waals surface area contributed by atoms with Gasteiger partial charge in [-0.2, -0.15) is 0 Å². The molecule has 0 unspecified atom stereocenters. The van der Waals surface area contributed by atoms with Crippen molar-refractivity contribution in [1.29, 1.82) is 0 Å². The first-order chi connectivity index (χ1) is 26.3. The second-order valence-electron chi connectivity index (χ2n) is 13.2. The van der Waals surface area contributed by atoms with E-state index in [0.29, 0.717) is 17.5 Å². The highest BCUT2D eigenvalue weighted by Gasteiger charge is 2.20. The molecule has 4 heteroatoms. The van der Waals surface area contributed by atoms with E-state index in [1.807, 2.05) is 24.3 Å². The number of furan rings is 1. The molecule has 10 rings (SSSR count). The van der Waals surface area contributed by atoms with Gasteiger partial charge in [-0.25, -0.2) is 15.0 Å². The number of fused-ring (bicyclic) bond motifs is 5. The van der Waals surface area contributed by atoms with Gasteiger partial charge in [0.2, 0.25) is 0 Å². The number of nitrogens with zero attached hydrogens (tertiary/aromatic N) is 3. The fourth-order valence-corrected chi connectivity index (χ4v) is 7.33. The lowest BCUT2D eigenvalue weighted by atomic mass is 9.97. The lowest BCUT2D eigenvalue weighted by Gasteiger charge is -2.13. The molecule has 0 fully saturated rings. The maximum atomic E-state index is 6.59. The maximum absolute atomic E-state index is 6.59. The molecule has 0 aliphatic carbocycles. The van der Waals surface area contributed by atoms with Gasteiger partial charge in [-0.05, 0) is 57.0 Å². The van der Waals surface area contributed by atoms with Gasteiger partial charge >= 0.3 is 0 Å². The topological polar surface area (TPSA) is 51.8 Å². The van der Waals surface area contributed by atoms with Gasteiger partial charge < -0.3 is 4.42 Å². The van der Waals surface area contributed by atoms with Crippen LogP contribution in [-0.2, 0) is 0 Å². The second-order valence-corrected chi connectivity index (χ2v) is 13.2. The third-order valence-corrected chi connectivity index (χ3v) is 9.96. The van der Waals surface area contributed by atoms with Crippen LogP contribution in [0.15, 0.2) is 192 Å². The van der Waals surface area contributed by atoms with Crippen LogP contribution in [0.4, 0.5) is 0 Å². The summed E-state index contributed by atoms with van der Waals surface area (Å²) in [7, 11) is 0. The van der Waals surface area contributed by atoms with Crippen LogP contribution >= 0.6 is 0 Å². The molecule has 0 saturated heterocycles. The van der Waals surface area contributed by atoms with Crippen molar-refractivity contribution in [1.82, 2.24) is 15.0 Å². The summed E-state index contributed by atoms with van der Waals surface area (Å²) in [6.45, 7) is 0. The van der Waals surface area contributed by atoms with Gasteiger partial charge in [-0.1, -0.05) is 170 Å². The van der Waals surface area contributed by atoms with Crippen molar-refractivity contribution >= 4 is 32.7 Å². The van der Waals surface area contributed by atoms with Crippen molar-refractivity contribution < 1.29 is 4.42 Å². The molecule has 10 aromatic rings. The summed E-state index contributed by atoms with van der Waals surface area (Å²) < 4.78 is 6.59. The Kier molecular flexibility index (Phi) is 7.43. The van der Waals surface area contributed by atoms with Crippen LogP contribution in [0, 0.1) is 0 Å². The van der Waals surface area contributed by atoms with E-state index >= 15 is 0 Å². The zero-order valence-corrected chi connectivity index (χ0v) is 28.6. The average Bonchev–Trinajstić information content (AvgIpc) is 3.62. The van der Waals surface area contributed by atoms with Crippen LogP contribution in [0.25, 0.3) is 100 Å². The number of benzene rings is 8. The Hall–Kier alpha value is -7.17. The molecule has 2 aromatic heterocycles. The molecule has 2 heterocycles. The van der Waals surface area contributed by atoms with E-state index in [1.54, 1.807) is 0 Å². The van der Waals surface area contributed by atoms with Gasteiger partial charge in [0.25, 0.3) is 0 Å². The monoisotopic (exact) mass is 677 g/mol. The van der Waals surface area contributed by atoms with Gasteiger partial charge in [-0.3, -0.25) is 0 Å². The summed E-state index contributed by atoms with van der Waals surface area (Å²) in [5.74, 6) is 1.83. The van der Waals surface area contributed by atoms with Crippen molar-refractivity contribution in [2.45, 2.75) is 0 Å². The highest BCUT2D eigenvalue weighted by Crippen LogP contribution is 2.41. The zero-order chi connectivity index (χ0) is 35.1. The first-order valence-corrected chi connectivity index (χ1v) is 17.8. The van der Waals surface area contributed by atoms with Crippen molar-refractivity contribution in [3.63, 3.8) is 0 Å². The standard InChI is InChI=1S/C49H31N3O/c1-4-14-32(15-5-1)34-24-26-36(27-25-34)47-50-48(41-23-13-10-20-38(41)35-18-8-3-9-19-35)52-49(51-47)44-31-43-42-30-37(33-16-6-2-7-17-33)28-29-45(42)53-46(43)40-22-12-11-21-39(40)44/h1-31H. The highest BCUT2D eigenvalue weighted by atomic mass is 16.3. The summed E-state index contributed by atoms with van der Waals surface area (Å²) in [5, 5.41) is 4.10. The molecule has 53 heavy (non-hydrogen) atoms. The average molecular weight is 678 g/mol. The minimum atomic E-state index is 0.603. The number of hydrogen-bond acceptors (Lipinski definition) is 4. The Balaban J connectivity index is 1.22. The number of hydrogen-bond donors (Lipinski definition) is 0. The summed E-state index contributed by atoms with van der Waals surface area (Å²) in [6.07, 6.45) is 0. The van der Waals surface area contributed by atoms with Crippen molar-refractivity contribution in [2.24, 2.45) is 0 Å². The Morgan fingerprint density at radius 3 is 1.47 bits per heavy atom. The first-order valence-electron chi connectivity index (χ1n) is 17.8. The molecule has 0 atom stereocenters. The molecule has 8 aromatic carbocycles. The molecule has 0 amide bonds. The van der Waals surface area contributed by atoms with Crippen molar-refractivity contribution in [2.75, 3.05) is 0 Å². The molecule has 0 radical (unpaired) electrons. The van der Waals surface area contributed by atoms with Crippen LogP contribution in [-0.4, -0.2) is 15.0 Å². The lowest BCUT2D eigenvalue weighted by molar-refractivity contribution is 0.673. The SMILES string of the molecule is c1ccc(-c2ccc(-c3nc(-c4ccccc4-c4ccccc4)nc(-c4cc5c6cc(-c7ccccc7)ccc6oc5c5ccccc45)n3)cc2)cc1. The van der Waals surface area contributed by atoms with E-state index in [0.717, 1.165) is 82.8 Å². The largest absolute Gasteiger partial charge is 0.455 e. The Labute approximate surface area is 306 Å². The molecule has 4 nitrogen and oxygen atoms in total. The third kappa shape index (κ3) is 5.54. The molecule has 0 spiro atoms. The van der Waals surface area contributed by atoms with Gasteiger partial charge in [-0.15, -0.1) is 0 Å². The van der Waals surface area contributed by atoms with Gasteiger partial charge in [0, 0.05) is 32.8 Å². The second kappa shape index (κ2) is 12.9. The summed E-state index contributed by atoms with van der Waals surface area (Å²) in [4.78, 5) is 15.7. The minimum absolute atomic E-state index is 0.603. The molecule has 248 valence electrons. The summed E-state index contributed by atoms with van der Waals surface area (Å²) in [6, 6.07) is 65.1. The van der Waals surface area contributed by atoms with Gasteiger partial charge in [0.05, 0.1) is 0 Å². The Bertz CT molecular complexity index is 2920. The summed E-state index contributed by atoms with van der Waals surface area (Å²) in [5.41, 5.74) is 11.2. The van der Waals surface area contributed by atoms with Crippen LogP contribution in [0.1, 0.15) is 0 Å². The molecule has 0 bridgehead atoms. The fraction of sp³-hybridized carbons (Fsp3) is 0. The van der Waals surface area contributed by atoms with Crippen LogP contribution in [0.3, 0.4) is 0 Å². The van der Waals surface area contributed by atoms with Crippen LogP contribution < -0.4 is 0 Å². The molecule has 0 saturated carbocycles. The summed E-state index contributed by atoms with van der Waals surface area (Å²) >= 11 is 0. The van der Waals surface area contributed by atoms with Crippen molar-refractivity contribution in [3.05, 3.63) is 188 Å². The highest BCUT2D eigenvalue weighted by molar-refractivity contribution is 6.19. The molecular formula is C49H31N3O. The maximum Gasteiger partial charge on any atom is 0.164 e. The van der Waals surface area contributed by atoms with Crippen LogP contribution in [0.2, 0.25) is 0 Å². The van der Waals surface area contributed by atoms with Crippen LogP contribution in [0.5, 0.6) is 0 Å². The third-order valence-electron chi connectivity index (χ3n) is 9.96.